The van der Waals surface area contributed by atoms with E-state index in [0.717, 1.165) is 39.0 Å². The molecule has 0 bridgehead atoms. The summed E-state index contributed by atoms with van der Waals surface area (Å²) < 4.78 is 32.2. The number of nitrogens with one attached hydrogen (secondary N) is 1. The summed E-state index contributed by atoms with van der Waals surface area (Å²) in [7, 11) is -0.868. The van der Waals surface area contributed by atoms with Gasteiger partial charge in [0.1, 0.15) is 0 Å². The lowest BCUT2D eigenvalue weighted by atomic mass is 10.0. The second-order valence-corrected chi connectivity index (χ2v) is 8.99. The quantitative estimate of drug-likeness (QED) is 0.756. The Morgan fingerprint density at radius 3 is 2.55 bits per heavy atom. The lowest BCUT2D eigenvalue weighted by molar-refractivity contribution is -0.0530. The molecule has 1 saturated carbocycles. The van der Waals surface area contributed by atoms with E-state index in [4.69, 9.17) is 4.74 Å². The molecule has 0 aromatic rings. The number of ether oxygens (including phenoxy) is 1. The zero-order valence-electron chi connectivity index (χ0n) is 13.5. The monoisotopic (exact) mass is 331 g/mol. The average Bonchev–Trinajstić information content (AvgIpc) is 3.33. The standard InChI is InChI=1S/C15H29N3O3S/c1-17-8-5-13(6-9-17)18-10-11-21-14(12-18)4-7-16-22(19,20)15-2-3-15/h13-16H,2-12H2,1H3. The zero-order valence-corrected chi connectivity index (χ0v) is 14.4. The van der Waals surface area contributed by atoms with E-state index < -0.39 is 10.0 Å². The highest BCUT2D eigenvalue weighted by Gasteiger charge is 2.35. The van der Waals surface area contributed by atoms with Crippen LogP contribution in [-0.2, 0) is 14.8 Å². The van der Waals surface area contributed by atoms with Crippen molar-refractivity contribution in [1.29, 1.82) is 0 Å². The fourth-order valence-electron chi connectivity index (χ4n) is 3.47. The number of nitrogens with zero attached hydrogens (tertiary/aromatic N) is 2. The fourth-order valence-corrected chi connectivity index (χ4v) is 4.86. The van der Waals surface area contributed by atoms with Crippen LogP contribution >= 0.6 is 0 Å². The van der Waals surface area contributed by atoms with Gasteiger partial charge in [0, 0.05) is 25.7 Å². The Bertz CT molecular complexity index is 459. The summed E-state index contributed by atoms with van der Waals surface area (Å²) >= 11 is 0. The molecular formula is C15H29N3O3S. The van der Waals surface area contributed by atoms with Crippen LogP contribution in [-0.4, -0.2) is 82.0 Å². The molecule has 22 heavy (non-hydrogen) atoms. The number of morpholine rings is 1. The van der Waals surface area contributed by atoms with E-state index in [0.29, 0.717) is 12.6 Å². The van der Waals surface area contributed by atoms with Crippen molar-refractivity contribution in [3.05, 3.63) is 0 Å². The molecule has 0 aromatic heterocycles. The number of rotatable bonds is 6. The molecule has 2 heterocycles. The minimum Gasteiger partial charge on any atom is -0.376 e. The van der Waals surface area contributed by atoms with Crippen molar-refractivity contribution in [2.24, 2.45) is 0 Å². The molecule has 3 aliphatic rings. The van der Waals surface area contributed by atoms with Crippen LogP contribution in [0.3, 0.4) is 0 Å². The van der Waals surface area contributed by atoms with Gasteiger partial charge in [-0.25, -0.2) is 13.1 Å². The summed E-state index contributed by atoms with van der Waals surface area (Å²) in [6.07, 6.45) is 5.04. The van der Waals surface area contributed by atoms with Crippen LogP contribution in [0.15, 0.2) is 0 Å². The smallest absolute Gasteiger partial charge is 0.214 e. The molecule has 128 valence electrons. The number of piperidine rings is 1. The van der Waals surface area contributed by atoms with E-state index in [1.165, 1.54) is 25.9 Å². The normalized spacial score (nSPS) is 29.8. The van der Waals surface area contributed by atoms with Gasteiger partial charge in [-0.1, -0.05) is 0 Å². The number of hydrogen-bond acceptors (Lipinski definition) is 5. The molecule has 2 saturated heterocycles. The van der Waals surface area contributed by atoms with Gasteiger partial charge >= 0.3 is 0 Å². The van der Waals surface area contributed by atoms with E-state index in [-0.39, 0.29) is 11.4 Å². The first-order valence-corrected chi connectivity index (χ1v) is 10.1. The van der Waals surface area contributed by atoms with E-state index in [1.807, 2.05) is 0 Å². The molecule has 1 aliphatic carbocycles. The van der Waals surface area contributed by atoms with Crippen molar-refractivity contribution in [3.63, 3.8) is 0 Å². The van der Waals surface area contributed by atoms with Gasteiger partial charge in [0.15, 0.2) is 0 Å². The highest BCUT2D eigenvalue weighted by atomic mass is 32.2. The largest absolute Gasteiger partial charge is 0.376 e. The molecule has 3 rings (SSSR count). The molecular weight excluding hydrogens is 302 g/mol. The van der Waals surface area contributed by atoms with Gasteiger partial charge in [-0.3, -0.25) is 4.90 Å². The second kappa shape index (κ2) is 7.13. The average molecular weight is 331 g/mol. The van der Waals surface area contributed by atoms with E-state index in [9.17, 15) is 8.42 Å². The lowest BCUT2D eigenvalue weighted by Crippen LogP contribution is -2.51. The Balaban J connectivity index is 1.40. The van der Waals surface area contributed by atoms with Crippen molar-refractivity contribution < 1.29 is 13.2 Å². The maximum absolute atomic E-state index is 11.8. The SMILES string of the molecule is CN1CCC(N2CCOC(CCNS(=O)(=O)C3CC3)C2)CC1. The summed E-state index contributed by atoms with van der Waals surface area (Å²) in [5.41, 5.74) is 0. The lowest BCUT2D eigenvalue weighted by Gasteiger charge is -2.41. The van der Waals surface area contributed by atoms with Crippen LogP contribution in [0.1, 0.15) is 32.1 Å². The molecule has 2 aliphatic heterocycles. The summed E-state index contributed by atoms with van der Waals surface area (Å²) in [6, 6.07) is 0.672. The van der Waals surface area contributed by atoms with Crippen LogP contribution in [0.4, 0.5) is 0 Å². The number of sulfonamides is 1. The van der Waals surface area contributed by atoms with Crippen LogP contribution in [0.5, 0.6) is 0 Å². The van der Waals surface area contributed by atoms with Crippen LogP contribution in [0.2, 0.25) is 0 Å². The van der Waals surface area contributed by atoms with Gasteiger partial charge in [0.2, 0.25) is 10.0 Å². The van der Waals surface area contributed by atoms with Crippen LogP contribution < -0.4 is 4.72 Å². The molecule has 0 amide bonds. The Morgan fingerprint density at radius 2 is 1.86 bits per heavy atom. The zero-order chi connectivity index (χ0) is 15.6. The summed E-state index contributed by atoms with van der Waals surface area (Å²) in [5.74, 6) is 0. The third-order valence-electron chi connectivity index (χ3n) is 5.11. The van der Waals surface area contributed by atoms with Gasteiger partial charge in [-0.15, -0.1) is 0 Å². The van der Waals surface area contributed by atoms with Crippen molar-refractivity contribution in [2.45, 2.75) is 49.5 Å². The van der Waals surface area contributed by atoms with Crippen molar-refractivity contribution in [1.82, 2.24) is 14.5 Å². The highest BCUT2D eigenvalue weighted by molar-refractivity contribution is 7.90. The molecule has 1 atom stereocenters. The first-order valence-electron chi connectivity index (χ1n) is 8.57. The summed E-state index contributed by atoms with van der Waals surface area (Å²) in [5, 5.41) is -0.129. The molecule has 1 N–H and O–H groups in total. The van der Waals surface area contributed by atoms with E-state index in [2.05, 4.69) is 21.6 Å². The minimum absolute atomic E-state index is 0.129. The maximum Gasteiger partial charge on any atom is 0.214 e. The number of likely N-dealkylation sites (tertiary alicyclic amines) is 1. The van der Waals surface area contributed by atoms with Crippen LogP contribution in [0.25, 0.3) is 0 Å². The van der Waals surface area contributed by atoms with Crippen molar-refractivity contribution in [2.75, 3.05) is 46.4 Å². The first-order chi connectivity index (χ1) is 10.5. The van der Waals surface area contributed by atoms with Crippen molar-refractivity contribution in [3.8, 4) is 0 Å². The predicted molar refractivity (Wildman–Crippen MR) is 86.4 cm³/mol. The fraction of sp³-hybridized carbons (Fsp3) is 1.00. The third kappa shape index (κ3) is 4.41. The van der Waals surface area contributed by atoms with Gasteiger partial charge in [0.25, 0.3) is 0 Å². The van der Waals surface area contributed by atoms with E-state index >= 15 is 0 Å². The molecule has 6 nitrogen and oxygen atoms in total. The molecule has 0 radical (unpaired) electrons. The Hall–Kier alpha value is -0.210. The van der Waals surface area contributed by atoms with Gasteiger partial charge in [-0.2, -0.15) is 0 Å². The van der Waals surface area contributed by atoms with Crippen LogP contribution in [0, 0.1) is 0 Å². The van der Waals surface area contributed by atoms with Crippen molar-refractivity contribution >= 4 is 10.0 Å². The summed E-state index contributed by atoms with van der Waals surface area (Å²) in [6.45, 7) is 5.58. The molecule has 3 fully saturated rings. The minimum atomic E-state index is -3.05. The van der Waals surface area contributed by atoms with Gasteiger partial charge < -0.3 is 9.64 Å². The molecule has 7 heteroatoms. The topological polar surface area (TPSA) is 61.9 Å². The van der Waals surface area contributed by atoms with Gasteiger partial charge in [0.05, 0.1) is 18.0 Å². The Kier molecular flexibility index (Phi) is 5.39. The maximum atomic E-state index is 11.8. The molecule has 0 aromatic carbocycles. The Morgan fingerprint density at radius 1 is 1.14 bits per heavy atom. The second-order valence-electron chi connectivity index (χ2n) is 6.95. The third-order valence-corrected chi connectivity index (χ3v) is 7.06. The van der Waals surface area contributed by atoms with Gasteiger partial charge in [-0.05, 0) is 52.2 Å². The molecule has 0 spiro atoms. The predicted octanol–water partition coefficient (Wildman–Crippen LogP) is 0.253. The first kappa shape index (κ1) is 16.6. The van der Waals surface area contributed by atoms with E-state index in [1.54, 1.807) is 0 Å². The number of hydrogen-bond donors (Lipinski definition) is 1. The highest BCUT2D eigenvalue weighted by Crippen LogP contribution is 2.27. The summed E-state index contributed by atoms with van der Waals surface area (Å²) in [4.78, 5) is 4.94. The molecule has 1 unspecified atom stereocenters. The Labute approximate surface area is 134 Å².